The lowest BCUT2D eigenvalue weighted by molar-refractivity contribution is 0.600. The minimum Gasteiger partial charge on any atom is -0.385 e. The van der Waals surface area contributed by atoms with Crippen molar-refractivity contribution in [2.75, 3.05) is 16.6 Å². The van der Waals surface area contributed by atoms with Crippen LogP contribution in [0.25, 0.3) is 0 Å². The fourth-order valence-electron chi connectivity index (χ4n) is 2.60. The van der Waals surface area contributed by atoms with Crippen LogP contribution in [0.2, 0.25) is 0 Å². The molecule has 0 unspecified atom stereocenters. The lowest BCUT2D eigenvalue weighted by Gasteiger charge is -2.21. The summed E-state index contributed by atoms with van der Waals surface area (Å²) in [5.74, 6) is -0.00899. The predicted molar refractivity (Wildman–Crippen MR) is 85.9 cm³/mol. The van der Waals surface area contributed by atoms with E-state index in [0.29, 0.717) is 5.69 Å². The van der Waals surface area contributed by atoms with Crippen molar-refractivity contribution in [1.82, 2.24) is 0 Å². The van der Waals surface area contributed by atoms with E-state index in [2.05, 4.69) is 10.0 Å². The molecule has 2 aromatic carbocycles. The molecule has 0 aliphatic carbocycles. The maximum Gasteiger partial charge on any atom is 0.236 e. The molecule has 0 radical (unpaired) electrons. The van der Waals surface area contributed by atoms with Gasteiger partial charge in [0.05, 0.1) is 11.4 Å². The number of anilines is 2. The summed E-state index contributed by atoms with van der Waals surface area (Å²) >= 11 is 0. The van der Waals surface area contributed by atoms with Gasteiger partial charge in [0.2, 0.25) is 10.0 Å². The lowest BCUT2D eigenvalue weighted by Crippen LogP contribution is -2.19. The first-order chi connectivity index (χ1) is 10.1. The summed E-state index contributed by atoms with van der Waals surface area (Å²) in [5, 5.41) is 3.30. The molecular formula is C16H18N2O2S. The predicted octanol–water partition coefficient (Wildman–Crippen LogP) is 2.99. The zero-order valence-corrected chi connectivity index (χ0v) is 12.5. The minimum absolute atomic E-state index is 0.00899. The monoisotopic (exact) mass is 302 g/mol. The molecule has 0 spiro atoms. The van der Waals surface area contributed by atoms with Crippen LogP contribution in [0.5, 0.6) is 0 Å². The smallest absolute Gasteiger partial charge is 0.236 e. The van der Waals surface area contributed by atoms with Gasteiger partial charge in [-0.25, -0.2) is 8.42 Å². The molecule has 21 heavy (non-hydrogen) atoms. The van der Waals surface area contributed by atoms with E-state index in [1.54, 1.807) is 0 Å². The van der Waals surface area contributed by atoms with Crippen LogP contribution in [0.1, 0.15) is 17.5 Å². The fraction of sp³-hybridized carbons (Fsp3) is 0.250. The molecule has 0 saturated heterocycles. The first-order valence-electron chi connectivity index (χ1n) is 7.04. The van der Waals surface area contributed by atoms with E-state index in [9.17, 15) is 8.42 Å². The summed E-state index contributed by atoms with van der Waals surface area (Å²) in [7, 11) is -3.40. The lowest BCUT2D eigenvalue weighted by atomic mass is 10.0. The zero-order valence-electron chi connectivity index (χ0n) is 11.7. The molecule has 2 aromatic rings. The number of rotatable bonds is 4. The maximum absolute atomic E-state index is 12.3. The highest BCUT2D eigenvalue weighted by atomic mass is 32.2. The third-order valence-electron chi connectivity index (χ3n) is 3.56. The van der Waals surface area contributed by atoms with Crippen LogP contribution in [-0.2, 0) is 22.2 Å². The molecule has 0 bridgehead atoms. The van der Waals surface area contributed by atoms with Gasteiger partial charge in [-0.1, -0.05) is 36.4 Å². The first kappa shape index (κ1) is 13.9. The van der Waals surface area contributed by atoms with Crippen molar-refractivity contribution in [3.05, 3.63) is 59.7 Å². The number of sulfonamides is 1. The number of fused-ring (bicyclic) bond motifs is 1. The Labute approximate surface area is 125 Å². The van der Waals surface area contributed by atoms with Crippen LogP contribution >= 0.6 is 0 Å². The molecule has 1 aliphatic rings. The van der Waals surface area contributed by atoms with Crippen molar-refractivity contribution in [2.24, 2.45) is 0 Å². The van der Waals surface area contributed by atoms with Gasteiger partial charge < -0.3 is 5.32 Å². The standard InChI is InChI=1S/C16H18N2O2S/c19-21(20,12-13-6-2-1-3-7-13)18-16-10-4-9-15-14(16)8-5-11-17-15/h1-4,6-7,9-10,17-18H,5,8,11-12H2. The van der Waals surface area contributed by atoms with Crippen LogP contribution in [-0.4, -0.2) is 15.0 Å². The molecule has 0 saturated carbocycles. The van der Waals surface area contributed by atoms with E-state index in [0.717, 1.165) is 36.2 Å². The van der Waals surface area contributed by atoms with Gasteiger partial charge >= 0.3 is 0 Å². The summed E-state index contributed by atoms with van der Waals surface area (Å²) < 4.78 is 27.4. The van der Waals surface area contributed by atoms with Gasteiger partial charge in [0.15, 0.2) is 0 Å². The third-order valence-corrected chi connectivity index (χ3v) is 4.80. The molecule has 3 rings (SSSR count). The van der Waals surface area contributed by atoms with Gasteiger partial charge in [-0.3, -0.25) is 4.72 Å². The molecule has 0 fully saturated rings. The van der Waals surface area contributed by atoms with Crippen molar-refractivity contribution in [1.29, 1.82) is 0 Å². The Balaban J connectivity index is 1.83. The number of hydrogen-bond acceptors (Lipinski definition) is 3. The third kappa shape index (κ3) is 3.36. The normalized spacial score (nSPS) is 14.1. The van der Waals surface area contributed by atoms with Crippen LogP contribution < -0.4 is 10.0 Å². The topological polar surface area (TPSA) is 58.2 Å². The van der Waals surface area contributed by atoms with E-state index >= 15 is 0 Å². The summed E-state index contributed by atoms with van der Waals surface area (Å²) in [6.07, 6.45) is 1.91. The van der Waals surface area contributed by atoms with E-state index in [1.807, 2.05) is 48.5 Å². The Morgan fingerprint density at radius 2 is 1.86 bits per heavy atom. The molecule has 2 N–H and O–H groups in total. The summed E-state index contributed by atoms with van der Waals surface area (Å²) in [6, 6.07) is 14.9. The molecular weight excluding hydrogens is 284 g/mol. The Hall–Kier alpha value is -2.01. The molecule has 110 valence electrons. The molecule has 1 heterocycles. The molecule has 5 heteroatoms. The largest absolute Gasteiger partial charge is 0.385 e. The molecule has 1 aliphatic heterocycles. The van der Waals surface area contributed by atoms with Gasteiger partial charge in [0, 0.05) is 12.2 Å². The fourth-order valence-corrected chi connectivity index (χ4v) is 3.83. The average Bonchev–Trinajstić information content (AvgIpc) is 2.48. The quantitative estimate of drug-likeness (QED) is 0.913. The van der Waals surface area contributed by atoms with E-state index in [1.165, 1.54) is 0 Å². The van der Waals surface area contributed by atoms with Gasteiger partial charge in [-0.15, -0.1) is 0 Å². The van der Waals surface area contributed by atoms with E-state index in [-0.39, 0.29) is 5.75 Å². The average molecular weight is 302 g/mol. The SMILES string of the molecule is O=S(=O)(Cc1ccccc1)Nc1cccc2c1CCCN2. The first-order valence-corrected chi connectivity index (χ1v) is 8.69. The minimum atomic E-state index is -3.40. The van der Waals surface area contributed by atoms with Crippen LogP contribution in [0.4, 0.5) is 11.4 Å². The van der Waals surface area contributed by atoms with E-state index in [4.69, 9.17) is 0 Å². The highest BCUT2D eigenvalue weighted by Crippen LogP contribution is 2.29. The summed E-state index contributed by atoms with van der Waals surface area (Å²) in [6.45, 7) is 0.938. The van der Waals surface area contributed by atoms with Crippen molar-refractivity contribution in [3.63, 3.8) is 0 Å². The summed E-state index contributed by atoms with van der Waals surface area (Å²) in [4.78, 5) is 0. The second-order valence-electron chi connectivity index (χ2n) is 5.21. The van der Waals surface area contributed by atoms with Gasteiger partial charge in [0.25, 0.3) is 0 Å². The Kier molecular flexibility index (Phi) is 3.84. The zero-order chi connectivity index (χ0) is 14.7. The Morgan fingerprint density at radius 3 is 2.67 bits per heavy atom. The molecule has 0 aromatic heterocycles. The van der Waals surface area contributed by atoms with Gasteiger partial charge in [-0.2, -0.15) is 0 Å². The van der Waals surface area contributed by atoms with Crippen molar-refractivity contribution in [3.8, 4) is 0 Å². The van der Waals surface area contributed by atoms with Crippen molar-refractivity contribution in [2.45, 2.75) is 18.6 Å². The van der Waals surface area contributed by atoms with Crippen LogP contribution in [0, 0.1) is 0 Å². The molecule has 4 nitrogen and oxygen atoms in total. The summed E-state index contributed by atoms with van der Waals surface area (Å²) in [5.41, 5.74) is 3.56. The molecule has 0 atom stereocenters. The van der Waals surface area contributed by atoms with E-state index < -0.39 is 10.0 Å². The van der Waals surface area contributed by atoms with Crippen LogP contribution in [0.15, 0.2) is 48.5 Å². The van der Waals surface area contributed by atoms with Crippen LogP contribution in [0.3, 0.4) is 0 Å². The Bertz CT molecular complexity index is 727. The van der Waals surface area contributed by atoms with Gasteiger partial charge in [-0.05, 0) is 36.1 Å². The number of hydrogen-bond donors (Lipinski definition) is 2. The maximum atomic E-state index is 12.3. The van der Waals surface area contributed by atoms with Crippen molar-refractivity contribution >= 4 is 21.4 Å². The van der Waals surface area contributed by atoms with Crippen molar-refractivity contribution < 1.29 is 8.42 Å². The second kappa shape index (κ2) is 5.77. The number of benzene rings is 2. The Morgan fingerprint density at radius 1 is 1.05 bits per heavy atom. The highest BCUT2D eigenvalue weighted by Gasteiger charge is 2.17. The second-order valence-corrected chi connectivity index (χ2v) is 6.93. The van der Waals surface area contributed by atoms with Gasteiger partial charge in [0.1, 0.15) is 0 Å². The highest BCUT2D eigenvalue weighted by molar-refractivity contribution is 7.91. The molecule has 0 amide bonds. The number of nitrogens with one attached hydrogen (secondary N) is 2.